The third-order valence-electron chi connectivity index (χ3n) is 3.19. The van der Waals surface area contributed by atoms with Gasteiger partial charge in [-0.25, -0.2) is 4.79 Å². The number of ether oxygens (including phenoxy) is 1. The summed E-state index contributed by atoms with van der Waals surface area (Å²) in [5.41, 5.74) is 0.938. The highest BCUT2D eigenvalue weighted by Crippen LogP contribution is 2.29. The molecule has 118 valence electrons. The summed E-state index contributed by atoms with van der Waals surface area (Å²) in [7, 11) is 2.63. The molecule has 2 aromatic rings. The van der Waals surface area contributed by atoms with Gasteiger partial charge in [0.1, 0.15) is 0 Å². The van der Waals surface area contributed by atoms with Crippen LogP contribution >= 0.6 is 0 Å². The number of carbonyl (C=O) groups is 3. The van der Waals surface area contributed by atoms with Crippen molar-refractivity contribution in [3.63, 3.8) is 0 Å². The third kappa shape index (κ3) is 3.37. The number of methoxy groups -OCH3 is 1. The molecule has 1 N–H and O–H groups in total. The van der Waals surface area contributed by atoms with Crippen molar-refractivity contribution in [3.8, 4) is 0 Å². The average molecular weight is 312 g/mol. The lowest BCUT2D eigenvalue weighted by Gasteiger charge is -2.23. The summed E-state index contributed by atoms with van der Waals surface area (Å²) in [6.45, 7) is 0. The molecular formula is C17H16N2O4. The van der Waals surface area contributed by atoms with Gasteiger partial charge in [-0.05, 0) is 24.3 Å². The summed E-state index contributed by atoms with van der Waals surface area (Å²) in [4.78, 5) is 37.5. The van der Waals surface area contributed by atoms with E-state index in [1.807, 2.05) is 0 Å². The van der Waals surface area contributed by atoms with Crippen molar-refractivity contribution in [1.29, 1.82) is 0 Å². The summed E-state index contributed by atoms with van der Waals surface area (Å²) >= 11 is 0. The van der Waals surface area contributed by atoms with E-state index in [1.165, 1.54) is 25.1 Å². The number of nitrogens with zero attached hydrogens (tertiary/aromatic N) is 1. The van der Waals surface area contributed by atoms with E-state index in [-0.39, 0.29) is 11.3 Å². The Kier molecular flexibility index (Phi) is 5.09. The van der Waals surface area contributed by atoms with Crippen molar-refractivity contribution in [2.45, 2.75) is 0 Å². The van der Waals surface area contributed by atoms with Crippen molar-refractivity contribution in [2.75, 3.05) is 19.1 Å². The second kappa shape index (κ2) is 7.22. The average Bonchev–Trinajstić information content (AvgIpc) is 2.61. The molecule has 6 heteroatoms. The number of anilines is 2. The zero-order valence-electron chi connectivity index (χ0n) is 12.8. The van der Waals surface area contributed by atoms with Crippen LogP contribution in [0.4, 0.5) is 11.4 Å². The molecular weight excluding hydrogens is 296 g/mol. The van der Waals surface area contributed by atoms with Crippen LogP contribution in [0.15, 0.2) is 54.6 Å². The maximum atomic E-state index is 12.5. The maximum absolute atomic E-state index is 12.5. The second-order valence-corrected chi connectivity index (χ2v) is 4.56. The minimum Gasteiger partial charge on any atom is -0.465 e. The number of hydrogen-bond acceptors (Lipinski definition) is 4. The van der Waals surface area contributed by atoms with Gasteiger partial charge in [-0.2, -0.15) is 0 Å². The van der Waals surface area contributed by atoms with Crippen LogP contribution in [0.1, 0.15) is 10.4 Å². The Morgan fingerprint density at radius 3 is 2.17 bits per heavy atom. The topological polar surface area (TPSA) is 75.7 Å². The molecule has 0 aliphatic heterocycles. The molecule has 0 aliphatic rings. The van der Waals surface area contributed by atoms with E-state index in [0.29, 0.717) is 5.69 Å². The highest BCUT2D eigenvalue weighted by molar-refractivity contribution is 6.42. The van der Waals surface area contributed by atoms with Gasteiger partial charge >= 0.3 is 17.8 Å². The number of esters is 1. The monoisotopic (exact) mass is 312 g/mol. The Bertz CT molecular complexity index is 728. The molecule has 0 unspecified atom stereocenters. The van der Waals surface area contributed by atoms with E-state index in [0.717, 1.165) is 0 Å². The normalized spacial score (nSPS) is 9.83. The van der Waals surface area contributed by atoms with Gasteiger partial charge in [0.2, 0.25) is 0 Å². The fourth-order valence-corrected chi connectivity index (χ4v) is 2.10. The van der Waals surface area contributed by atoms with Gasteiger partial charge in [-0.3, -0.25) is 14.5 Å². The number of amides is 2. The number of nitrogens with one attached hydrogen (secondary N) is 1. The maximum Gasteiger partial charge on any atom is 0.339 e. The van der Waals surface area contributed by atoms with Crippen molar-refractivity contribution in [3.05, 3.63) is 60.2 Å². The van der Waals surface area contributed by atoms with Gasteiger partial charge in [0.15, 0.2) is 0 Å². The number of benzene rings is 2. The van der Waals surface area contributed by atoms with Crippen LogP contribution in [0, 0.1) is 0 Å². The number of carbonyl (C=O) groups excluding carboxylic acids is 3. The van der Waals surface area contributed by atoms with Crippen molar-refractivity contribution in [1.82, 2.24) is 5.32 Å². The van der Waals surface area contributed by atoms with Gasteiger partial charge in [0, 0.05) is 12.7 Å². The first kappa shape index (κ1) is 16.2. The lowest BCUT2D eigenvalue weighted by Crippen LogP contribution is -2.39. The Labute approximate surface area is 133 Å². The summed E-state index contributed by atoms with van der Waals surface area (Å²) in [6, 6.07) is 15.1. The molecule has 2 aromatic carbocycles. The predicted octanol–water partition coefficient (Wildman–Crippen LogP) is 1.88. The molecule has 2 rings (SSSR count). The molecule has 0 saturated heterocycles. The smallest absolute Gasteiger partial charge is 0.339 e. The Balaban J connectivity index is 2.62. The van der Waals surface area contributed by atoms with Crippen molar-refractivity contribution in [2.24, 2.45) is 0 Å². The van der Waals surface area contributed by atoms with Crippen molar-refractivity contribution < 1.29 is 19.1 Å². The Morgan fingerprint density at radius 2 is 1.57 bits per heavy atom. The quantitative estimate of drug-likeness (QED) is 0.693. The molecule has 0 saturated carbocycles. The van der Waals surface area contributed by atoms with Crippen LogP contribution in [-0.2, 0) is 14.3 Å². The van der Waals surface area contributed by atoms with E-state index in [1.54, 1.807) is 48.5 Å². The summed E-state index contributed by atoms with van der Waals surface area (Å²) in [5.74, 6) is -2.17. The first-order valence-corrected chi connectivity index (χ1v) is 6.88. The molecule has 0 radical (unpaired) electrons. The lowest BCUT2D eigenvalue weighted by molar-refractivity contribution is -0.136. The number of likely N-dealkylation sites (N-methyl/N-ethyl adjacent to an activating group) is 1. The molecule has 0 spiro atoms. The first-order chi connectivity index (χ1) is 11.1. The van der Waals surface area contributed by atoms with Crippen LogP contribution in [0.5, 0.6) is 0 Å². The first-order valence-electron chi connectivity index (χ1n) is 6.88. The van der Waals surface area contributed by atoms with E-state index >= 15 is 0 Å². The van der Waals surface area contributed by atoms with Gasteiger partial charge < -0.3 is 10.1 Å². The van der Waals surface area contributed by atoms with E-state index in [9.17, 15) is 14.4 Å². The van der Waals surface area contributed by atoms with Crippen LogP contribution in [-0.4, -0.2) is 31.9 Å². The SMILES string of the molecule is CNC(=O)C(=O)N(c1ccccc1)c1ccccc1C(=O)OC. The number of rotatable bonds is 3. The Hall–Kier alpha value is -3.15. The number of para-hydroxylation sites is 2. The zero-order valence-corrected chi connectivity index (χ0v) is 12.8. The molecule has 6 nitrogen and oxygen atoms in total. The molecule has 0 atom stereocenters. The fourth-order valence-electron chi connectivity index (χ4n) is 2.10. The van der Waals surface area contributed by atoms with Crippen LogP contribution in [0.25, 0.3) is 0 Å². The van der Waals surface area contributed by atoms with Gasteiger partial charge in [-0.1, -0.05) is 30.3 Å². The standard InChI is InChI=1S/C17H16N2O4/c1-18-15(20)16(21)19(12-8-4-3-5-9-12)14-11-7-6-10-13(14)17(22)23-2/h3-11H,1-2H3,(H,18,20). The molecule has 2 amide bonds. The molecule has 0 bridgehead atoms. The van der Waals surface area contributed by atoms with Gasteiger partial charge in [0.05, 0.1) is 18.4 Å². The summed E-state index contributed by atoms with van der Waals surface area (Å²) in [5, 5.41) is 2.30. The van der Waals surface area contributed by atoms with E-state index < -0.39 is 17.8 Å². The van der Waals surface area contributed by atoms with E-state index in [2.05, 4.69) is 5.32 Å². The highest BCUT2D eigenvalue weighted by atomic mass is 16.5. The van der Waals surface area contributed by atoms with Gasteiger partial charge in [0.25, 0.3) is 0 Å². The minimum absolute atomic E-state index is 0.191. The van der Waals surface area contributed by atoms with Gasteiger partial charge in [-0.15, -0.1) is 0 Å². The Morgan fingerprint density at radius 1 is 0.957 bits per heavy atom. The summed E-state index contributed by atoms with van der Waals surface area (Å²) < 4.78 is 4.75. The molecule has 0 heterocycles. The summed E-state index contributed by atoms with van der Waals surface area (Å²) in [6.07, 6.45) is 0. The van der Waals surface area contributed by atoms with Crippen LogP contribution in [0.3, 0.4) is 0 Å². The molecule has 0 aliphatic carbocycles. The molecule has 0 aromatic heterocycles. The van der Waals surface area contributed by atoms with Crippen LogP contribution < -0.4 is 10.2 Å². The lowest BCUT2D eigenvalue weighted by atomic mass is 10.1. The second-order valence-electron chi connectivity index (χ2n) is 4.56. The van der Waals surface area contributed by atoms with E-state index in [4.69, 9.17) is 4.74 Å². The largest absolute Gasteiger partial charge is 0.465 e. The third-order valence-corrected chi connectivity index (χ3v) is 3.19. The highest BCUT2D eigenvalue weighted by Gasteiger charge is 2.27. The number of hydrogen-bond donors (Lipinski definition) is 1. The van der Waals surface area contributed by atoms with Crippen LogP contribution in [0.2, 0.25) is 0 Å². The molecule has 0 fully saturated rings. The minimum atomic E-state index is -0.796. The fraction of sp³-hybridized carbons (Fsp3) is 0.118. The van der Waals surface area contributed by atoms with Crippen molar-refractivity contribution >= 4 is 29.2 Å². The molecule has 23 heavy (non-hydrogen) atoms. The predicted molar refractivity (Wildman–Crippen MR) is 85.4 cm³/mol. The zero-order chi connectivity index (χ0) is 16.8.